The highest BCUT2D eigenvalue weighted by atomic mass is 79.9. The zero-order valence-electron chi connectivity index (χ0n) is 17.9. The van der Waals surface area contributed by atoms with E-state index in [1.807, 2.05) is 49.4 Å². The van der Waals surface area contributed by atoms with Gasteiger partial charge in [0.05, 0.1) is 5.69 Å². The lowest BCUT2D eigenvalue weighted by Crippen LogP contribution is -2.16. The van der Waals surface area contributed by atoms with Crippen molar-refractivity contribution < 1.29 is 9.18 Å². The molecule has 0 aliphatic heterocycles. The molecule has 0 atom stereocenters. The van der Waals surface area contributed by atoms with Gasteiger partial charge in [0, 0.05) is 15.7 Å². The van der Waals surface area contributed by atoms with E-state index in [2.05, 4.69) is 45.2 Å². The first-order valence-electron chi connectivity index (χ1n) is 10.2. The minimum Gasteiger partial charge on any atom is -0.319 e. The van der Waals surface area contributed by atoms with E-state index in [1.54, 1.807) is 16.8 Å². The second-order valence-electron chi connectivity index (χ2n) is 7.80. The van der Waals surface area contributed by atoms with Gasteiger partial charge in [-0.2, -0.15) is 0 Å². The predicted molar refractivity (Wildman–Crippen MR) is 128 cm³/mol. The Morgan fingerprint density at radius 1 is 1.06 bits per heavy atom. The monoisotopic (exact) mass is 492 g/mol. The number of carbonyl (C=O) groups excluding carboxylic acids is 1. The van der Waals surface area contributed by atoms with Crippen molar-refractivity contribution in [3.8, 4) is 17.1 Å². The third-order valence-corrected chi connectivity index (χ3v) is 5.63. The minimum atomic E-state index is -0.412. The molecule has 32 heavy (non-hydrogen) atoms. The molecule has 4 rings (SSSR count). The minimum absolute atomic E-state index is 0.0326. The molecule has 0 radical (unpaired) electrons. The molecule has 0 saturated heterocycles. The van der Waals surface area contributed by atoms with Crippen LogP contribution in [-0.2, 0) is 0 Å². The molecular formula is C25H22BrFN4O. The fraction of sp³-hybridized carbons (Fsp3) is 0.160. The van der Waals surface area contributed by atoms with Crippen LogP contribution in [0.1, 0.15) is 41.5 Å². The predicted octanol–water partition coefficient (Wildman–Crippen LogP) is 6.52. The van der Waals surface area contributed by atoms with Gasteiger partial charge in [0.1, 0.15) is 5.82 Å². The quantitative estimate of drug-likeness (QED) is 0.344. The van der Waals surface area contributed by atoms with Crippen LogP contribution < -0.4 is 5.32 Å². The summed E-state index contributed by atoms with van der Waals surface area (Å²) >= 11 is 3.48. The van der Waals surface area contributed by atoms with Gasteiger partial charge in [0.2, 0.25) is 5.82 Å². The number of hydrogen-bond donors (Lipinski definition) is 1. The summed E-state index contributed by atoms with van der Waals surface area (Å²) in [6.45, 7) is 6.09. The third kappa shape index (κ3) is 4.48. The average molecular weight is 493 g/mol. The smallest absolute Gasteiger partial charge is 0.295 e. The number of carbonyl (C=O) groups is 1. The van der Waals surface area contributed by atoms with Gasteiger partial charge in [-0.1, -0.05) is 48.0 Å². The van der Waals surface area contributed by atoms with Crippen molar-refractivity contribution in [2.45, 2.75) is 26.7 Å². The first-order chi connectivity index (χ1) is 15.3. The maximum atomic E-state index is 13.5. The van der Waals surface area contributed by atoms with Gasteiger partial charge in [-0.15, -0.1) is 5.10 Å². The van der Waals surface area contributed by atoms with Crippen LogP contribution in [0.25, 0.3) is 17.1 Å². The molecule has 0 spiro atoms. The number of nitrogens with zero attached hydrogens (tertiary/aromatic N) is 3. The van der Waals surface area contributed by atoms with E-state index in [9.17, 15) is 9.18 Å². The molecule has 1 N–H and O–H groups in total. The number of amides is 1. The van der Waals surface area contributed by atoms with Crippen LogP contribution in [0, 0.1) is 12.7 Å². The van der Waals surface area contributed by atoms with Crippen LogP contribution in [0.2, 0.25) is 0 Å². The Kier molecular flexibility index (Phi) is 6.19. The molecule has 5 nitrogen and oxygen atoms in total. The van der Waals surface area contributed by atoms with Gasteiger partial charge in [-0.3, -0.25) is 4.79 Å². The number of hydrogen-bond acceptors (Lipinski definition) is 3. The molecular weight excluding hydrogens is 471 g/mol. The Balaban J connectivity index is 1.77. The molecule has 1 heterocycles. The van der Waals surface area contributed by atoms with Crippen LogP contribution in [0.3, 0.4) is 0 Å². The summed E-state index contributed by atoms with van der Waals surface area (Å²) in [6, 6.07) is 19.4. The van der Waals surface area contributed by atoms with E-state index in [-0.39, 0.29) is 17.6 Å². The van der Waals surface area contributed by atoms with E-state index in [4.69, 9.17) is 0 Å². The van der Waals surface area contributed by atoms with Crippen LogP contribution >= 0.6 is 15.9 Å². The summed E-state index contributed by atoms with van der Waals surface area (Å²) < 4.78 is 16.1. The highest BCUT2D eigenvalue weighted by molar-refractivity contribution is 9.10. The van der Waals surface area contributed by atoms with Gasteiger partial charge in [-0.25, -0.2) is 14.1 Å². The first-order valence-corrected chi connectivity index (χ1v) is 11.0. The van der Waals surface area contributed by atoms with Crippen LogP contribution in [-0.4, -0.2) is 20.7 Å². The molecule has 4 aromatic rings. The fourth-order valence-electron chi connectivity index (χ4n) is 3.47. The average Bonchev–Trinajstić information content (AvgIpc) is 3.21. The van der Waals surface area contributed by atoms with Crippen LogP contribution in [0.4, 0.5) is 10.1 Å². The molecule has 7 heteroatoms. The SMILES string of the molecule is Cc1ccccc1-n1nc(C(=O)Nc2ccc(Br)cc2C(C)C)nc1-c1ccc(F)cc1. The molecule has 0 bridgehead atoms. The van der Waals surface area contributed by atoms with Crippen molar-refractivity contribution in [2.24, 2.45) is 0 Å². The highest BCUT2D eigenvalue weighted by Crippen LogP contribution is 2.29. The second kappa shape index (κ2) is 9.04. The maximum Gasteiger partial charge on any atom is 0.295 e. The van der Waals surface area contributed by atoms with E-state index in [1.165, 1.54) is 12.1 Å². The highest BCUT2D eigenvalue weighted by Gasteiger charge is 2.21. The van der Waals surface area contributed by atoms with Crippen LogP contribution in [0.15, 0.2) is 71.2 Å². The summed E-state index contributed by atoms with van der Waals surface area (Å²) in [5.41, 5.74) is 4.15. The summed E-state index contributed by atoms with van der Waals surface area (Å²) in [4.78, 5) is 17.6. The van der Waals surface area contributed by atoms with E-state index >= 15 is 0 Å². The van der Waals surface area contributed by atoms with Crippen LogP contribution in [0.5, 0.6) is 0 Å². The van der Waals surface area contributed by atoms with E-state index in [0.29, 0.717) is 17.1 Å². The van der Waals surface area contributed by atoms with Gasteiger partial charge >= 0.3 is 0 Å². The van der Waals surface area contributed by atoms with Crippen molar-refractivity contribution in [3.63, 3.8) is 0 Å². The largest absolute Gasteiger partial charge is 0.319 e. The molecule has 0 saturated carbocycles. The number of halogens is 2. The number of aromatic nitrogens is 3. The van der Waals surface area contributed by atoms with E-state index < -0.39 is 5.91 Å². The summed E-state index contributed by atoms with van der Waals surface area (Å²) in [5.74, 6) is -0.0420. The lowest BCUT2D eigenvalue weighted by atomic mass is 10.0. The molecule has 0 aliphatic carbocycles. The van der Waals surface area contributed by atoms with Gasteiger partial charge in [-0.05, 0) is 72.5 Å². The number of rotatable bonds is 5. The maximum absolute atomic E-state index is 13.5. The Morgan fingerprint density at radius 2 is 1.78 bits per heavy atom. The van der Waals surface area contributed by atoms with Crippen molar-refractivity contribution in [1.82, 2.24) is 14.8 Å². The van der Waals surface area contributed by atoms with Crippen molar-refractivity contribution in [3.05, 3.63) is 94.0 Å². The van der Waals surface area contributed by atoms with Gasteiger partial charge in [0.25, 0.3) is 5.91 Å². The standard InChI is InChI=1S/C25H22BrFN4O/c1-15(2)20-14-18(26)10-13-21(20)28-25(32)23-29-24(17-8-11-19(27)12-9-17)31(30-23)22-7-5-4-6-16(22)3/h4-15H,1-3H3,(H,28,32). The van der Waals surface area contributed by atoms with Crippen molar-refractivity contribution >= 4 is 27.5 Å². The number of anilines is 1. The number of nitrogens with one attached hydrogen (secondary N) is 1. The Hall–Kier alpha value is -3.32. The second-order valence-corrected chi connectivity index (χ2v) is 8.72. The van der Waals surface area contributed by atoms with Gasteiger partial charge < -0.3 is 5.32 Å². The lowest BCUT2D eigenvalue weighted by molar-refractivity contribution is 0.101. The van der Waals surface area contributed by atoms with Crippen molar-refractivity contribution in [2.75, 3.05) is 5.32 Å². The summed E-state index contributed by atoms with van der Waals surface area (Å²) in [7, 11) is 0. The van der Waals surface area contributed by atoms with E-state index in [0.717, 1.165) is 21.3 Å². The van der Waals surface area contributed by atoms with Crippen molar-refractivity contribution in [1.29, 1.82) is 0 Å². The Morgan fingerprint density at radius 3 is 2.47 bits per heavy atom. The molecule has 1 amide bonds. The Labute approximate surface area is 194 Å². The number of aryl methyl sites for hydroxylation is 1. The third-order valence-electron chi connectivity index (χ3n) is 5.14. The topological polar surface area (TPSA) is 59.8 Å². The molecule has 0 fully saturated rings. The molecule has 3 aromatic carbocycles. The molecule has 0 unspecified atom stereocenters. The molecule has 0 aliphatic rings. The normalized spacial score (nSPS) is 11.1. The first kappa shape index (κ1) is 21.9. The molecule has 162 valence electrons. The summed E-state index contributed by atoms with van der Waals surface area (Å²) in [6.07, 6.45) is 0. The zero-order chi connectivity index (χ0) is 22.8. The summed E-state index contributed by atoms with van der Waals surface area (Å²) in [5, 5.41) is 7.46. The molecule has 1 aromatic heterocycles. The number of para-hydroxylation sites is 1. The lowest BCUT2D eigenvalue weighted by Gasteiger charge is -2.13. The fourth-order valence-corrected chi connectivity index (χ4v) is 3.85. The van der Waals surface area contributed by atoms with Gasteiger partial charge in [0.15, 0.2) is 5.82 Å². The number of benzene rings is 3. The Bertz CT molecular complexity index is 1280. The zero-order valence-corrected chi connectivity index (χ0v) is 19.5.